The van der Waals surface area contributed by atoms with Gasteiger partial charge in [0.15, 0.2) is 5.78 Å². The fourth-order valence-corrected chi connectivity index (χ4v) is 0.859. The molecule has 12 heavy (non-hydrogen) atoms. The summed E-state index contributed by atoms with van der Waals surface area (Å²) >= 11 is 0. The van der Waals surface area contributed by atoms with Crippen LogP contribution in [0.3, 0.4) is 0 Å². The van der Waals surface area contributed by atoms with Crippen LogP contribution in [0.1, 0.15) is 6.42 Å². The summed E-state index contributed by atoms with van der Waals surface area (Å²) in [6, 6.07) is 0. The Morgan fingerprint density at radius 2 is 2.00 bits per heavy atom. The van der Waals surface area contributed by atoms with Crippen molar-refractivity contribution >= 4 is 12.9 Å². The Labute approximate surface area is 68.9 Å². The van der Waals surface area contributed by atoms with Gasteiger partial charge in [-0.1, -0.05) is 12.2 Å². The molecule has 0 fully saturated rings. The van der Waals surface area contributed by atoms with Crippen LogP contribution in [0.4, 0.5) is 0 Å². The molecule has 5 nitrogen and oxygen atoms in total. The molecule has 0 saturated carbocycles. The first-order chi connectivity index (χ1) is 5.77. The molecule has 0 aromatic rings. The molecule has 0 saturated heterocycles. The zero-order valence-corrected chi connectivity index (χ0v) is 6.14. The predicted octanol–water partition coefficient (Wildman–Crippen LogP) is 0.448. The van der Waals surface area contributed by atoms with Gasteiger partial charge in [-0.15, -0.1) is 0 Å². The van der Waals surface area contributed by atoms with E-state index in [1.165, 1.54) is 18.2 Å². The third-order valence-corrected chi connectivity index (χ3v) is 1.46. The van der Waals surface area contributed by atoms with E-state index in [1.807, 2.05) is 0 Å². The van der Waals surface area contributed by atoms with Crippen LogP contribution in [0.25, 0.3) is 0 Å². The first kappa shape index (κ1) is 9.15. The largest absolute Gasteiger partial charge is 0.553 e. The highest BCUT2D eigenvalue weighted by molar-refractivity contribution is 6.54. The molecular weight excluding hydrogens is 163 g/mol. The summed E-state index contributed by atoms with van der Waals surface area (Å²) in [7, 11) is -1.24. The smallest absolute Gasteiger partial charge is 0.295 e. The third-order valence-electron chi connectivity index (χ3n) is 1.46. The highest BCUT2D eigenvalue weighted by Crippen LogP contribution is 2.11. The van der Waals surface area contributed by atoms with E-state index in [-0.39, 0.29) is 12.2 Å². The monoisotopic (exact) mass is 170 g/mol. The summed E-state index contributed by atoms with van der Waals surface area (Å²) in [6.45, 7) is 0. The molecule has 6 heteroatoms. The van der Waals surface area contributed by atoms with E-state index in [4.69, 9.17) is 10.5 Å². The molecule has 0 aliphatic heterocycles. The molecule has 0 amide bonds. The van der Waals surface area contributed by atoms with Crippen LogP contribution >= 0.6 is 0 Å². The second-order valence-corrected chi connectivity index (χ2v) is 2.25. The van der Waals surface area contributed by atoms with E-state index in [0.717, 1.165) is 0 Å². The minimum Gasteiger partial charge on any atom is -0.295 e. The molecular formula is C6H7BO5. The van der Waals surface area contributed by atoms with Gasteiger partial charge in [-0.2, -0.15) is 0 Å². The number of hydrogen-bond acceptors (Lipinski definition) is 5. The molecule has 0 spiro atoms. The molecule has 0 unspecified atom stereocenters. The van der Waals surface area contributed by atoms with Gasteiger partial charge in [0.2, 0.25) is 0 Å². The molecule has 0 aromatic heterocycles. The van der Waals surface area contributed by atoms with E-state index < -0.39 is 7.12 Å². The molecule has 0 radical (unpaired) electrons. The Morgan fingerprint density at radius 3 is 2.42 bits per heavy atom. The van der Waals surface area contributed by atoms with Gasteiger partial charge in [0.25, 0.3) is 0 Å². The van der Waals surface area contributed by atoms with Gasteiger partial charge in [0, 0.05) is 6.42 Å². The molecule has 1 aliphatic carbocycles. The summed E-state index contributed by atoms with van der Waals surface area (Å²) in [5.41, 5.74) is 0.402. The molecule has 0 atom stereocenters. The van der Waals surface area contributed by atoms with Gasteiger partial charge in [0.1, 0.15) is 0 Å². The first-order valence-corrected chi connectivity index (χ1v) is 3.29. The number of ketones is 1. The maximum absolute atomic E-state index is 10.7. The van der Waals surface area contributed by atoms with Crippen LogP contribution in [-0.2, 0) is 14.4 Å². The van der Waals surface area contributed by atoms with Gasteiger partial charge in [-0.25, -0.2) is 0 Å². The van der Waals surface area contributed by atoms with Crippen LogP contribution in [0, 0.1) is 0 Å². The summed E-state index contributed by atoms with van der Waals surface area (Å²) < 4.78 is 0. The van der Waals surface area contributed by atoms with Crippen LogP contribution < -0.4 is 0 Å². The molecule has 1 aliphatic rings. The van der Waals surface area contributed by atoms with Crippen molar-refractivity contribution in [2.24, 2.45) is 0 Å². The lowest BCUT2D eigenvalue weighted by atomic mass is 9.76. The topological polar surface area (TPSA) is 76.0 Å². The van der Waals surface area contributed by atoms with Crippen molar-refractivity contribution in [3.05, 3.63) is 23.7 Å². The van der Waals surface area contributed by atoms with Crippen LogP contribution in [0.2, 0.25) is 0 Å². The Kier molecular flexibility index (Phi) is 3.18. The number of hydrogen-bond donors (Lipinski definition) is 2. The maximum atomic E-state index is 10.7. The van der Waals surface area contributed by atoms with Gasteiger partial charge in [-0.05, 0) is 11.5 Å². The summed E-state index contributed by atoms with van der Waals surface area (Å²) in [5, 5.41) is 16.4. The molecule has 0 heterocycles. The lowest BCUT2D eigenvalue weighted by molar-refractivity contribution is -0.223. The lowest BCUT2D eigenvalue weighted by Gasteiger charge is -2.08. The van der Waals surface area contributed by atoms with E-state index in [9.17, 15) is 4.79 Å². The zero-order valence-electron chi connectivity index (χ0n) is 6.14. The average Bonchev–Trinajstić information content (AvgIpc) is 2.10. The number of allylic oxidation sites excluding steroid dienone is 4. The molecule has 0 aromatic carbocycles. The molecule has 1 rings (SSSR count). The number of carbonyl (C=O) groups excluding carboxylic acids is 1. The van der Waals surface area contributed by atoms with E-state index in [0.29, 0.717) is 5.47 Å². The van der Waals surface area contributed by atoms with Crippen molar-refractivity contribution in [3.63, 3.8) is 0 Å². The van der Waals surface area contributed by atoms with Crippen LogP contribution in [0.5, 0.6) is 0 Å². The molecule has 64 valence electrons. The normalized spacial score (nSPS) is 16.2. The second kappa shape index (κ2) is 4.17. The predicted molar refractivity (Wildman–Crippen MR) is 40.0 cm³/mol. The zero-order chi connectivity index (χ0) is 8.97. The Morgan fingerprint density at radius 1 is 1.33 bits per heavy atom. The van der Waals surface area contributed by atoms with Gasteiger partial charge in [0.05, 0.1) is 0 Å². The van der Waals surface area contributed by atoms with Crippen molar-refractivity contribution < 1.29 is 24.9 Å². The first-order valence-electron chi connectivity index (χ1n) is 3.29. The van der Waals surface area contributed by atoms with Crippen LogP contribution in [-0.4, -0.2) is 23.4 Å². The van der Waals surface area contributed by atoms with E-state index >= 15 is 0 Å². The molecule has 0 bridgehead atoms. The minimum absolute atomic E-state index is 0.0478. The minimum atomic E-state index is -1.24. The van der Waals surface area contributed by atoms with Crippen molar-refractivity contribution in [1.29, 1.82) is 0 Å². The summed E-state index contributed by atoms with van der Waals surface area (Å²) in [5.74, 6) is -0.0478. The highest BCUT2D eigenvalue weighted by atomic mass is 17.2. The Balaban J connectivity index is 2.64. The standard InChI is InChI=1S/C6H7BO5/c8-6-3-1-5(2-4-6)7(11-9)12-10/h1-3,9-10H,4H2. The maximum Gasteiger partial charge on any atom is 0.553 e. The van der Waals surface area contributed by atoms with E-state index in [1.54, 1.807) is 0 Å². The van der Waals surface area contributed by atoms with Crippen molar-refractivity contribution in [3.8, 4) is 0 Å². The summed E-state index contributed by atoms with van der Waals surface area (Å²) in [4.78, 5) is 18.2. The van der Waals surface area contributed by atoms with Gasteiger partial charge < -0.3 is 0 Å². The Bertz CT molecular complexity index is 230. The van der Waals surface area contributed by atoms with Crippen molar-refractivity contribution in [1.82, 2.24) is 0 Å². The highest BCUT2D eigenvalue weighted by Gasteiger charge is 2.24. The fraction of sp³-hybridized carbons (Fsp3) is 0.167. The SMILES string of the molecule is O=C1C=CC(B(OO)OO)=CC1. The number of rotatable bonds is 3. The average molecular weight is 170 g/mol. The quantitative estimate of drug-likeness (QED) is 0.365. The third kappa shape index (κ3) is 2.02. The van der Waals surface area contributed by atoms with Gasteiger partial charge >= 0.3 is 7.12 Å². The van der Waals surface area contributed by atoms with Gasteiger partial charge in [-0.3, -0.25) is 24.9 Å². The fourth-order valence-electron chi connectivity index (χ4n) is 0.859. The van der Waals surface area contributed by atoms with Crippen molar-refractivity contribution in [2.75, 3.05) is 0 Å². The second-order valence-electron chi connectivity index (χ2n) is 2.25. The van der Waals surface area contributed by atoms with E-state index in [2.05, 4.69) is 9.61 Å². The number of carbonyl (C=O) groups is 1. The lowest BCUT2D eigenvalue weighted by Crippen LogP contribution is -2.23. The van der Waals surface area contributed by atoms with Crippen molar-refractivity contribution in [2.45, 2.75) is 6.42 Å². The molecule has 2 N–H and O–H groups in total. The Hall–Kier alpha value is -0.945. The summed E-state index contributed by atoms with van der Waals surface area (Å²) in [6.07, 6.45) is 4.44. The van der Waals surface area contributed by atoms with Crippen LogP contribution in [0.15, 0.2) is 23.7 Å².